The van der Waals surface area contributed by atoms with Gasteiger partial charge in [-0.2, -0.15) is 0 Å². The van der Waals surface area contributed by atoms with Crippen LogP contribution in [0.1, 0.15) is 12.0 Å². The van der Waals surface area contributed by atoms with E-state index in [0.717, 1.165) is 5.56 Å². The largest absolute Gasteiger partial charge is 0.393 e. The number of nitrogens with zero attached hydrogens (tertiary/aromatic N) is 1. The third-order valence-electron chi connectivity index (χ3n) is 2.34. The Labute approximate surface area is 85.2 Å². The van der Waals surface area contributed by atoms with Crippen molar-refractivity contribution in [3.63, 3.8) is 0 Å². The van der Waals surface area contributed by atoms with Gasteiger partial charge < -0.3 is 11.1 Å². The highest BCUT2D eigenvalue weighted by Gasteiger charge is 2.20. The van der Waals surface area contributed by atoms with Gasteiger partial charge in [0.2, 0.25) is 5.91 Å². The molecule has 0 unspecified atom stereocenters. The number of hydrogen-bond acceptors (Lipinski definition) is 4. The molecule has 1 heterocycles. The van der Waals surface area contributed by atoms with Gasteiger partial charge in [0.15, 0.2) is 0 Å². The van der Waals surface area contributed by atoms with E-state index in [9.17, 15) is 14.9 Å². The number of nitrogens with two attached hydrogens (primary N) is 1. The molecular weight excluding hydrogens is 198 g/mol. The molecule has 0 aromatic heterocycles. The lowest BCUT2D eigenvalue weighted by atomic mass is 10.0. The van der Waals surface area contributed by atoms with Gasteiger partial charge in [-0.1, -0.05) is 0 Å². The van der Waals surface area contributed by atoms with Crippen molar-refractivity contribution >= 4 is 23.0 Å². The van der Waals surface area contributed by atoms with E-state index in [1.807, 2.05) is 0 Å². The van der Waals surface area contributed by atoms with E-state index in [1.165, 1.54) is 12.1 Å². The lowest BCUT2D eigenvalue weighted by molar-refractivity contribution is -0.383. The molecule has 78 valence electrons. The van der Waals surface area contributed by atoms with E-state index < -0.39 is 4.92 Å². The number of aryl methyl sites for hydroxylation is 1. The maximum Gasteiger partial charge on any atom is 0.292 e. The molecule has 2 rings (SSSR count). The van der Waals surface area contributed by atoms with Crippen LogP contribution in [0.5, 0.6) is 0 Å². The van der Waals surface area contributed by atoms with Crippen LogP contribution in [0.3, 0.4) is 0 Å². The van der Waals surface area contributed by atoms with Gasteiger partial charge in [-0.25, -0.2) is 0 Å². The Balaban J connectivity index is 2.50. The average Bonchev–Trinajstić information content (AvgIpc) is 2.15. The molecule has 0 spiro atoms. The second-order valence-corrected chi connectivity index (χ2v) is 3.37. The summed E-state index contributed by atoms with van der Waals surface area (Å²) >= 11 is 0. The van der Waals surface area contributed by atoms with Crippen LogP contribution >= 0.6 is 0 Å². The molecule has 0 saturated carbocycles. The number of nitrogen functional groups attached to an aromatic ring is 1. The van der Waals surface area contributed by atoms with Gasteiger partial charge in [-0.05, 0) is 18.1 Å². The number of carbonyl (C=O) groups is 1. The van der Waals surface area contributed by atoms with Crippen LogP contribution in [0, 0.1) is 10.1 Å². The second kappa shape index (κ2) is 3.23. The van der Waals surface area contributed by atoms with E-state index in [4.69, 9.17) is 5.73 Å². The molecule has 0 aliphatic carbocycles. The summed E-state index contributed by atoms with van der Waals surface area (Å²) in [5, 5.41) is 13.2. The molecule has 0 radical (unpaired) electrons. The molecule has 6 heteroatoms. The highest BCUT2D eigenvalue weighted by Crippen LogP contribution is 2.31. The Hall–Kier alpha value is -2.11. The van der Waals surface area contributed by atoms with E-state index in [-0.39, 0.29) is 17.3 Å². The number of nitrogens with one attached hydrogen (secondary N) is 1. The highest BCUT2D eigenvalue weighted by atomic mass is 16.6. The molecule has 6 nitrogen and oxygen atoms in total. The van der Waals surface area contributed by atoms with Crippen LogP contribution in [0.15, 0.2) is 12.1 Å². The summed E-state index contributed by atoms with van der Waals surface area (Å²) in [6.07, 6.45) is 0.871. The van der Waals surface area contributed by atoms with Gasteiger partial charge in [0, 0.05) is 18.2 Å². The lowest BCUT2D eigenvalue weighted by Gasteiger charge is -2.16. The number of fused-ring (bicyclic) bond motifs is 1. The molecule has 1 aromatic rings. The third kappa shape index (κ3) is 1.61. The van der Waals surface area contributed by atoms with Crippen molar-refractivity contribution < 1.29 is 9.72 Å². The van der Waals surface area contributed by atoms with Crippen LogP contribution < -0.4 is 11.1 Å². The smallest absolute Gasteiger partial charge is 0.292 e. The number of anilines is 2. The zero-order valence-corrected chi connectivity index (χ0v) is 7.82. The van der Waals surface area contributed by atoms with Crippen molar-refractivity contribution in [2.45, 2.75) is 12.8 Å². The number of benzene rings is 1. The molecule has 0 bridgehead atoms. The van der Waals surface area contributed by atoms with Crippen LogP contribution in [0.2, 0.25) is 0 Å². The minimum atomic E-state index is -0.522. The number of nitro benzene ring substituents is 1. The number of rotatable bonds is 1. The van der Waals surface area contributed by atoms with Crippen molar-refractivity contribution in [2.24, 2.45) is 0 Å². The Kier molecular flexibility index (Phi) is 2.03. The Bertz CT molecular complexity index is 456. The molecule has 3 N–H and O–H groups in total. The SMILES string of the molecule is Nc1cc2c(cc1[N+](=O)[O-])CCC(=O)N2. The number of hydrogen-bond donors (Lipinski definition) is 2. The Morgan fingerprint density at radius 3 is 2.80 bits per heavy atom. The van der Waals surface area contributed by atoms with E-state index in [1.54, 1.807) is 0 Å². The quantitative estimate of drug-likeness (QED) is 0.408. The maximum atomic E-state index is 11.1. The van der Waals surface area contributed by atoms with Crippen molar-refractivity contribution in [1.29, 1.82) is 0 Å². The highest BCUT2D eigenvalue weighted by molar-refractivity contribution is 5.95. The fourth-order valence-electron chi connectivity index (χ4n) is 1.59. The summed E-state index contributed by atoms with van der Waals surface area (Å²) in [5.41, 5.74) is 6.80. The summed E-state index contributed by atoms with van der Waals surface area (Å²) < 4.78 is 0. The fourth-order valence-corrected chi connectivity index (χ4v) is 1.59. The molecule has 1 aromatic carbocycles. The lowest BCUT2D eigenvalue weighted by Crippen LogP contribution is -2.19. The zero-order chi connectivity index (χ0) is 11.0. The molecule has 15 heavy (non-hydrogen) atoms. The van der Waals surface area contributed by atoms with E-state index in [2.05, 4.69) is 5.32 Å². The van der Waals surface area contributed by atoms with Crippen molar-refractivity contribution in [3.05, 3.63) is 27.8 Å². The van der Waals surface area contributed by atoms with E-state index in [0.29, 0.717) is 18.5 Å². The second-order valence-electron chi connectivity index (χ2n) is 3.37. The summed E-state index contributed by atoms with van der Waals surface area (Å²) in [5.74, 6) is -0.0873. The predicted molar refractivity (Wildman–Crippen MR) is 54.5 cm³/mol. The summed E-state index contributed by atoms with van der Waals surface area (Å²) in [7, 11) is 0. The Morgan fingerprint density at radius 1 is 1.40 bits per heavy atom. The third-order valence-corrected chi connectivity index (χ3v) is 2.34. The van der Waals surface area contributed by atoms with Gasteiger partial charge in [0.05, 0.1) is 4.92 Å². The predicted octanol–water partition coefficient (Wildman–Crippen LogP) is 1.06. The van der Waals surface area contributed by atoms with Crippen LogP contribution in [-0.4, -0.2) is 10.8 Å². The molecule has 1 aliphatic heterocycles. The minimum Gasteiger partial charge on any atom is -0.393 e. The number of nitro groups is 1. The summed E-state index contributed by atoms with van der Waals surface area (Å²) in [6.45, 7) is 0. The van der Waals surface area contributed by atoms with E-state index >= 15 is 0 Å². The van der Waals surface area contributed by atoms with Gasteiger partial charge in [-0.15, -0.1) is 0 Å². The topological polar surface area (TPSA) is 98.3 Å². The molecular formula is C9H9N3O3. The van der Waals surface area contributed by atoms with Crippen LogP contribution in [-0.2, 0) is 11.2 Å². The standard InChI is InChI=1S/C9H9N3O3/c10-6-4-7-5(1-2-9(13)11-7)3-8(6)12(14)15/h3-4H,1-2,10H2,(H,11,13). The van der Waals surface area contributed by atoms with Crippen molar-refractivity contribution in [2.75, 3.05) is 11.1 Å². The first-order valence-corrected chi connectivity index (χ1v) is 4.44. The van der Waals surface area contributed by atoms with Crippen LogP contribution in [0.25, 0.3) is 0 Å². The van der Waals surface area contributed by atoms with Gasteiger partial charge >= 0.3 is 0 Å². The average molecular weight is 207 g/mol. The Morgan fingerprint density at radius 2 is 2.13 bits per heavy atom. The molecule has 1 aliphatic rings. The first kappa shape index (κ1) is 9.45. The normalized spacial score (nSPS) is 14.3. The van der Waals surface area contributed by atoms with Gasteiger partial charge in [0.25, 0.3) is 5.69 Å². The van der Waals surface area contributed by atoms with Crippen molar-refractivity contribution in [3.8, 4) is 0 Å². The number of carbonyl (C=O) groups excluding carboxylic acids is 1. The summed E-state index contributed by atoms with van der Waals surface area (Å²) in [4.78, 5) is 21.2. The maximum absolute atomic E-state index is 11.1. The molecule has 1 amide bonds. The molecule has 0 saturated heterocycles. The van der Waals surface area contributed by atoms with Crippen LogP contribution in [0.4, 0.5) is 17.1 Å². The minimum absolute atomic E-state index is 0.0703. The van der Waals surface area contributed by atoms with Gasteiger partial charge in [0.1, 0.15) is 5.69 Å². The fraction of sp³-hybridized carbons (Fsp3) is 0.222. The van der Waals surface area contributed by atoms with Crippen molar-refractivity contribution in [1.82, 2.24) is 0 Å². The van der Waals surface area contributed by atoms with Gasteiger partial charge in [-0.3, -0.25) is 14.9 Å². The first-order chi connectivity index (χ1) is 7.08. The molecule has 0 atom stereocenters. The number of amides is 1. The summed E-state index contributed by atoms with van der Waals surface area (Å²) in [6, 6.07) is 2.86. The monoisotopic (exact) mass is 207 g/mol. The zero-order valence-electron chi connectivity index (χ0n) is 7.82. The molecule has 0 fully saturated rings. The first-order valence-electron chi connectivity index (χ1n) is 4.44.